The third kappa shape index (κ3) is 5.02. The molecule has 0 saturated heterocycles. The normalized spacial score (nSPS) is 17.6. The van der Waals surface area contributed by atoms with E-state index in [-0.39, 0.29) is 12.5 Å². The number of carbonyl (C=O) groups is 1. The highest BCUT2D eigenvalue weighted by atomic mass is 16.5. The first-order chi connectivity index (χ1) is 10.2. The van der Waals surface area contributed by atoms with E-state index in [0.717, 1.165) is 24.3 Å². The molecule has 2 N–H and O–H groups in total. The van der Waals surface area contributed by atoms with Crippen LogP contribution in [0, 0.1) is 5.92 Å². The molecule has 0 fully saturated rings. The molecule has 0 heterocycles. The van der Waals surface area contributed by atoms with Gasteiger partial charge in [-0.05, 0) is 49.4 Å². The van der Waals surface area contributed by atoms with Crippen molar-refractivity contribution in [3.8, 4) is 11.5 Å². The van der Waals surface area contributed by atoms with Gasteiger partial charge in [-0.1, -0.05) is 13.0 Å². The van der Waals surface area contributed by atoms with Crippen LogP contribution in [0.25, 0.3) is 0 Å². The SMILES string of the molecule is COc1ccc(OCC(=O)NNC2=C[C@H](C)CCC2)cc1. The number of methoxy groups -OCH3 is 1. The Kier molecular flexibility index (Phi) is 5.49. The van der Waals surface area contributed by atoms with Gasteiger partial charge in [0, 0.05) is 5.70 Å². The van der Waals surface area contributed by atoms with E-state index in [4.69, 9.17) is 9.47 Å². The standard InChI is InChI=1S/C16H22N2O3/c1-12-4-3-5-13(10-12)17-18-16(19)11-21-15-8-6-14(20-2)7-9-15/h6-10,12,17H,3-5,11H2,1-2H3,(H,18,19)/t12-/m1/s1. The van der Waals surface area contributed by atoms with Gasteiger partial charge in [-0.25, -0.2) is 0 Å². The Balaban J connectivity index is 1.71. The monoisotopic (exact) mass is 290 g/mol. The molecule has 0 aliphatic heterocycles. The number of hydrogen-bond acceptors (Lipinski definition) is 4. The maximum Gasteiger partial charge on any atom is 0.276 e. The van der Waals surface area contributed by atoms with Crippen LogP contribution in [0.2, 0.25) is 0 Å². The molecule has 1 aliphatic rings. The van der Waals surface area contributed by atoms with Gasteiger partial charge in [0.15, 0.2) is 6.61 Å². The van der Waals surface area contributed by atoms with Gasteiger partial charge < -0.3 is 14.9 Å². The van der Waals surface area contributed by atoms with Crippen LogP contribution in [-0.4, -0.2) is 19.6 Å². The van der Waals surface area contributed by atoms with Gasteiger partial charge in [0.2, 0.25) is 0 Å². The summed E-state index contributed by atoms with van der Waals surface area (Å²) >= 11 is 0. The molecule has 0 radical (unpaired) electrons. The lowest BCUT2D eigenvalue weighted by Crippen LogP contribution is -2.40. The third-order valence-electron chi connectivity index (χ3n) is 3.38. The van der Waals surface area contributed by atoms with Crippen molar-refractivity contribution in [2.45, 2.75) is 26.2 Å². The van der Waals surface area contributed by atoms with E-state index in [1.807, 2.05) is 0 Å². The fourth-order valence-electron chi connectivity index (χ4n) is 2.24. The van der Waals surface area contributed by atoms with E-state index in [1.54, 1.807) is 31.4 Å². The highest BCUT2D eigenvalue weighted by Crippen LogP contribution is 2.20. The highest BCUT2D eigenvalue weighted by Gasteiger charge is 2.10. The minimum atomic E-state index is -0.204. The Morgan fingerprint density at radius 1 is 1.29 bits per heavy atom. The number of hydrogen-bond donors (Lipinski definition) is 2. The van der Waals surface area contributed by atoms with Gasteiger partial charge in [-0.2, -0.15) is 0 Å². The quantitative estimate of drug-likeness (QED) is 0.790. The van der Waals surface area contributed by atoms with E-state index in [1.165, 1.54) is 6.42 Å². The van der Waals surface area contributed by atoms with Crippen LogP contribution in [0.15, 0.2) is 36.0 Å². The van der Waals surface area contributed by atoms with Crippen molar-refractivity contribution in [3.63, 3.8) is 0 Å². The molecule has 0 unspecified atom stereocenters. The molecule has 1 aliphatic carbocycles. The summed E-state index contributed by atoms with van der Waals surface area (Å²) in [5.74, 6) is 1.75. The fraction of sp³-hybridized carbons (Fsp3) is 0.438. The minimum absolute atomic E-state index is 0.0256. The first kappa shape index (κ1) is 15.2. The van der Waals surface area contributed by atoms with Crippen LogP contribution in [-0.2, 0) is 4.79 Å². The molecular weight excluding hydrogens is 268 g/mol. The second-order valence-corrected chi connectivity index (χ2v) is 5.20. The molecule has 5 heteroatoms. The molecule has 1 amide bonds. The van der Waals surface area contributed by atoms with Gasteiger partial charge in [0.1, 0.15) is 11.5 Å². The van der Waals surface area contributed by atoms with E-state index in [9.17, 15) is 4.79 Å². The van der Waals surface area contributed by atoms with Crippen LogP contribution < -0.4 is 20.3 Å². The summed E-state index contributed by atoms with van der Waals surface area (Å²) in [7, 11) is 1.61. The van der Waals surface area contributed by atoms with Gasteiger partial charge in [0.05, 0.1) is 7.11 Å². The maximum atomic E-state index is 11.7. The lowest BCUT2D eigenvalue weighted by atomic mass is 9.96. The van der Waals surface area contributed by atoms with Crippen molar-refractivity contribution in [1.29, 1.82) is 0 Å². The zero-order valence-electron chi connectivity index (χ0n) is 12.5. The van der Waals surface area contributed by atoms with Gasteiger partial charge >= 0.3 is 0 Å². The van der Waals surface area contributed by atoms with Crippen LogP contribution >= 0.6 is 0 Å². The van der Waals surface area contributed by atoms with Gasteiger partial charge in [-0.15, -0.1) is 0 Å². The Bertz CT molecular complexity index is 497. The minimum Gasteiger partial charge on any atom is -0.497 e. The van der Waals surface area contributed by atoms with Crippen molar-refractivity contribution < 1.29 is 14.3 Å². The lowest BCUT2D eigenvalue weighted by molar-refractivity contribution is -0.123. The third-order valence-corrected chi connectivity index (χ3v) is 3.38. The molecule has 1 aromatic rings. The van der Waals surface area contributed by atoms with E-state index >= 15 is 0 Å². The Labute approximate surface area is 125 Å². The number of nitrogens with one attached hydrogen (secondary N) is 2. The number of benzene rings is 1. The van der Waals surface area contributed by atoms with Crippen LogP contribution in [0.4, 0.5) is 0 Å². The average Bonchev–Trinajstić information content (AvgIpc) is 2.51. The Hall–Kier alpha value is -2.17. The van der Waals surface area contributed by atoms with Crippen LogP contribution in [0.1, 0.15) is 26.2 Å². The van der Waals surface area contributed by atoms with Crippen molar-refractivity contribution in [3.05, 3.63) is 36.0 Å². The Morgan fingerprint density at radius 2 is 2.00 bits per heavy atom. The van der Waals surface area contributed by atoms with Crippen LogP contribution in [0.3, 0.4) is 0 Å². The number of ether oxygens (including phenoxy) is 2. The highest BCUT2D eigenvalue weighted by molar-refractivity contribution is 5.77. The van der Waals surface area contributed by atoms with Crippen molar-refractivity contribution >= 4 is 5.91 Å². The predicted octanol–water partition coefficient (Wildman–Crippen LogP) is 2.40. The molecule has 0 aromatic heterocycles. The van der Waals surface area contributed by atoms with Gasteiger partial charge in [-0.3, -0.25) is 10.2 Å². The molecule has 1 atom stereocenters. The fourth-order valence-corrected chi connectivity index (χ4v) is 2.24. The second kappa shape index (κ2) is 7.57. The second-order valence-electron chi connectivity index (χ2n) is 5.20. The molecule has 0 spiro atoms. The summed E-state index contributed by atoms with van der Waals surface area (Å²) in [6, 6.07) is 7.12. The number of amides is 1. The summed E-state index contributed by atoms with van der Waals surface area (Å²) in [6.45, 7) is 2.15. The molecule has 114 valence electrons. The Morgan fingerprint density at radius 3 is 2.67 bits per heavy atom. The van der Waals surface area contributed by atoms with Crippen molar-refractivity contribution in [2.75, 3.05) is 13.7 Å². The molecule has 5 nitrogen and oxygen atoms in total. The van der Waals surface area contributed by atoms with E-state index < -0.39 is 0 Å². The van der Waals surface area contributed by atoms with Crippen LogP contribution in [0.5, 0.6) is 11.5 Å². The summed E-state index contributed by atoms with van der Waals surface area (Å²) in [4.78, 5) is 11.7. The molecule has 2 rings (SSSR count). The van der Waals surface area contributed by atoms with E-state index in [2.05, 4.69) is 23.9 Å². The van der Waals surface area contributed by atoms with Crippen molar-refractivity contribution in [2.24, 2.45) is 5.92 Å². The average molecular weight is 290 g/mol. The number of allylic oxidation sites excluding steroid dienone is 2. The van der Waals surface area contributed by atoms with Crippen molar-refractivity contribution in [1.82, 2.24) is 10.9 Å². The molecule has 0 saturated carbocycles. The zero-order chi connectivity index (χ0) is 15.1. The molecular formula is C16H22N2O3. The summed E-state index contributed by atoms with van der Waals surface area (Å²) in [5.41, 5.74) is 6.70. The molecule has 21 heavy (non-hydrogen) atoms. The number of carbonyl (C=O) groups excluding carboxylic acids is 1. The first-order valence-electron chi connectivity index (χ1n) is 7.20. The number of rotatable bonds is 6. The predicted molar refractivity (Wildman–Crippen MR) is 80.9 cm³/mol. The molecule has 0 bridgehead atoms. The summed E-state index contributed by atoms with van der Waals surface area (Å²) in [6.07, 6.45) is 5.50. The topological polar surface area (TPSA) is 59.6 Å². The number of hydrazine groups is 1. The largest absolute Gasteiger partial charge is 0.497 e. The first-order valence-corrected chi connectivity index (χ1v) is 7.20. The summed E-state index contributed by atoms with van der Waals surface area (Å²) in [5, 5.41) is 0. The lowest BCUT2D eigenvalue weighted by Gasteiger charge is -2.19. The maximum absolute atomic E-state index is 11.7. The molecule has 1 aromatic carbocycles. The smallest absolute Gasteiger partial charge is 0.276 e. The summed E-state index contributed by atoms with van der Waals surface area (Å²) < 4.78 is 10.5. The zero-order valence-corrected chi connectivity index (χ0v) is 12.5. The van der Waals surface area contributed by atoms with E-state index in [0.29, 0.717) is 11.7 Å². The van der Waals surface area contributed by atoms with Gasteiger partial charge in [0.25, 0.3) is 5.91 Å².